The van der Waals surface area contributed by atoms with Gasteiger partial charge in [0.05, 0.1) is 28.6 Å². The average Bonchev–Trinajstić information content (AvgIpc) is 3.26. The van der Waals surface area contributed by atoms with E-state index in [2.05, 4.69) is 19.5 Å². The first-order valence-corrected chi connectivity index (χ1v) is 9.83. The Balaban J connectivity index is 1.73. The van der Waals surface area contributed by atoms with Crippen molar-refractivity contribution in [2.24, 2.45) is 0 Å². The first kappa shape index (κ1) is 17.5. The molecule has 7 heteroatoms. The molecule has 28 heavy (non-hydrogen) atoms. The van der Waals surface area contributed by atoms with Crippen LogP contribution in [0.15, 0.2) is 36.8 Å². The fraction of sp³-hybridized carbons (Fsp3) is 0.333. The van der Waals surface area contributed by atoms with Crippen molar-refractivity contribution in [3.8, 4) is 0 Å². The largest absolute Gasteiger partial charge is 0.324 e. The Morgan fingerprint density at radius 1 is 1.11 bits per heavy atom. The Bertz CT molecular complexity index is 1170. The lowest BCUT2D eigenvalue weighted by molar-refractivity contribution is 0.330. The summed E-state index contributed by atoms with van der Waals surface area (Å²) in [4.78, 5) is 18.2. The van der Waals surface area contributed by atoms with E-state index in [9.17, 15) is 4.39 Å². The van der Waals surface area contributed by atoms with Crippen molar-refractivity contribution < 1.29 is 4.39 Å². The Hall–Kier alpha value is -2.60. The van der Waals surface area contributed by atoms with Gasteiger partial charge in [-0.3, -0.25) is 15.0 Å². The monoisotopic (exact) mass is 395 g/mol. The summed E-state index contributed by atoms with van der Waals surface area (Å²) in [5, 5.41) is 1.59. The first-order chi connectivity index (χ1) is 13.6. The van der Waals surface area contributed by atoms with E-state index in [0.29, 0.717) is 24.3 Å². The van der Waals surface area contributed by atoms with Gasteiger partial charge in [0.25, 0.3) is 0 Å². The van der Waals surface area contributed by atoms with Crippen LogP contribution in [0, 0.1) is 6.92 Å². The van der Waals surface area contributed by atoms with Gasteiger partial charge < -0.3 is 4.57 Å². The summed E-state index contributed by atoms with van der Waals surface area (Å²) < 4.78 is 16.2. The Morgan fingerprint density at radius 2 is 2.00 bits per heavy atom. The van der Waals surface area contributed by atoms with Crippen molar-refractivity contribution in [2.75, 3.05) is 0 Å². The predicted octanol–water partition coefficient (Wildman–Crippen LogP) is 4.99. The van der Waals surface area contributed by atoms with Crippen molar-refractivity contribution in [1.82, 2.24) is 24.5 Å². The normalized spacial score (nSPS) is 19.7. The minimum absolute atomic E-state index is 0.0676. The van der Waals surface area contributed by atoms with Gasteiger partial charge in [0.2, 0.25) is 0 Å². The number of halogens is 2. The molecule has 1 aliphatic rings. The van der Waals surface area contributed by atoms with Crippen molar-refractivity contribution in [1.29, 1.82) is 0 Å². The maximum absolute atomic E-state index is 14.1. The van der Waals surface area contributed by atoms with Crippen LogP contribution in [0.5, 0.6) is 0 Å². The highest BCUT2D eigenvalue weighted by atomic mass is 35.5. The fourth-order valence-corrected chi connectivity index (χ4v) is 4.30. The number of hydrogen-bond donors (Lipinski definition) is 0. The van der Waals surface area contributed by atoms with Crippen molar-refractivity contribution in [3.63, 3.8) is 0 Å². The molecule has 2 atom stereocenters. The highest BCUT2D eigenvalue weighted by Crippen LogP contribution is 2.38. The Kier molecular flexibility index (Phi) is 4.23. The fourth-order valence-electron chi connectivity index (χ4n) is 4.13. The molecule has 142 valence electrons. The third-order valence-electron chi connectivity index (χ3n) is 5.43. The van der Waals surface area contributed by atoms with Crippen molar-refractivity contribution in [2.45, 2.75) is 44.8 Å². The second-order valence-electron chi connectivity index (χ2n) is 7.44. The summed E-state index contributed by atoms with van der Waals surface area (Å²) in [7, 11) is 0. The van der Waals surface area contributed by atoms with E-state index in [1.165, 1.54) is 0 Å². The minimum Gasteiger partial charge on any atom is -0.324 e. The molecule has 0 spiro atoms. The molecule has 0 aliphatic heterocycles. The molecular formula is C21H19ClFN5. The van der Waals surface area contributed by atoms with E-state index in [1.807, 2.05) is 25.1 Å². The lowest BCUT2D eigenvalue weighted by atomic mass is 10.1. The molecule has 1 aromatic carbocycles. The highest BCUT2D eigenvalue weighted by molar-refractivity contribution is 6.31. The van der Waals surface area contributed by atoms with Crippen molar-refractivity contribution >= 4 is 33.5 Å². The molecule has 0 radical (unpaired) electrons. The summed E-state index contributed by atoms with van der Waals surface area (Å²) in [6.45, 7) is 1.91. The smallest absolute Gasteiger partial charge is 0.116 e. The summed E-state index contributed by atoms with van der Waals surface area (Å²) in [5.74, 6) is 0.863. The third-order valence-corrected chi connectivity index (χ3v) is 5.67. The summed E-state index contributed by atoms with van der Waals surface area (Å²) in [6, 6.07) is 5.73. The number of imidazole rings is 1. The molecule has 1 saturated carbocycles. The SMILES string of the molecule is Cc1cnc(Cc2nc3cnc4ccc(Cl)cc4c3n2C2CCC(F)C2)cn1. The van der Waals surface area contributed by atoms with Crippen LogP contribution in [0.25, 0.3) is 21.9 Å². The van der Waals surface area contributed by atoms with Crippen molar-refractivity contribution in [3.05, 3.63) is 59.0 Å². The van der Waals surface area contributed by atoms with Gasteiger partial charge in [-0.2, -0.15) is 0 Å². The van der Waals surface area contributed by atoms with Gasteiger partial charge >= 0.3 is 0 Å². The number of benzene rings is 1. The molecule has 0 N–H and O–H groups in total. The highest BCUT2D eigenvalue weighted by Gasteiger charge is 2.29. The molecule has 0 bridgehead atoms. The predicted molar refractivity (Wildman–Crippen MR) is 107 cm³/mol. The van der Waals surface area contributed by atoms with Gasteiger partial charge in [0.15, 0.2) is 0 Å². The summed E-state index contributed by atoms with van der Waals surface area (Å²) in [6.07, 6.45) is 6.96. The lowest BCUT2D eigenvalue weighted by Crippen LogP contribution is -2.11. The van der Waals surface area contributed by atoms with Crippen LogP contribution < -0.4 is 0 Å². The van der Waals surface area contributed by atoms with Crippen LogP contribution >= 0.6 is 11.6 Å². The molecule has 5 nitrogen and oxygen atoms in total. The van der Waals surface area contributed by atoms with E-state index in [0.717, 1.165) is 45.6 Å². The number of aromatic nitrogens is 5. The summed E-state index contributed by atoms with van der Waals surface area (Å²) >= 11 is 6.27. The first-order valence-electron chi connectivity index (χ1n) is 9.45. The molecule has 1 aliphatic carbocycles. The Morgan fingerprint density at radius 3 is 2.75 bits per heavy atom. The van der Waals surface area contributed by atoms with E-state index >= 15 is 0 Å². The van der Waals surface area contributed by atoms with Crippen LogP contribution in [0.3, 0.4) is 0 Å². The third kappa shape index (κ3) is 3.02. The lowest BCUT2D eigenvalue weighted by Gasteiger charge is -2.17. The number of aryl methyl sites for hydroxylation is 1. The van der Waals surface area contributed by atoms with Crippen LogP contribution in [-0.4, -0.2) is 30.7 Å². The van der Waals surface area contributed by atoms with Gasteiger partial charge in [0.1, 0.15) is 17.5 Å². The second kappa shape index (κ2) is 6.78. The van der Waals surface area contributed by atoms with E-state index < -0.39 is 6.17 Å². The van der Waals surface area contributed by atoms with Crippen LogP contribution in [0.4, 0.5) is 4.39 Å². The second-order valence-corrected chi connectivity index (χ2v) is 7.88. The van der Waals surface area contributed by atoms with E-state index in [4.69, 9.17) is 16.6 Å². The standard InChI is InChI=1S/C21H19ClFN5/c1-12-9-25-15(10-24-12)8-20-27-19-11-26-18-5-2-13(22)6-17(18)21(19)28(20)16-4-3-14(23)7-16/h2,5-6,9-11,14,16H,3-4,7-8H2,1H3. The van der Waals surface area contributed by atoms with Crippen LogP contribution in [-0.2, 0) is 6.42 Å². The van der Waals surface area contributed by atoms with Gasteiger partial charge in [-0.05, 0) is 44.4 Å². The van der Waals surface area contributed by atoms with Gasteiger partial charge in [-0.1, -0.05) is 11.6 Å². The number of fused-ring (bicyclic) bond motifs is 3. The van der Waals surface area contributed by atoms with Crippen LogP contribution in [0.2, 0.25) is 5.02 Å². The number of alkyl halides is 1. The van der Waals surface area contributed by atoms with Gasteiger partial charge in [-0.25, -0.2) is 9.37 Å². The molecule has 2 unspecified atom stereocenters. The van der Waals surface area contributed by atoms with Gasteiger partial charge in [-0.15, -0.1) is 0 Å². The molecule has 3 heterocycles. The maximum Gasteiger partial charge on any atom is 0.116 e. The zero-order valence-electron chi connectivity index (χ0n) is 15.4. The molecular weight excluding hydrogens is 377 g/mol. The number of rotatable bonds is 3. The topological polar surface area (TPSA) is 56.5 Å². The van der Waals surface area contributed by atoms with E-state index in [1.54, 1.807) is 18.6 Å². The molecule has 0 saturated heterocycles. The molecule has 1 fully saturated rings. The zero-order chi connectivity index (χ0) is 19.3. The van der Waals surface area contributed by atoms with Gasteiger partial charge in [0, 0.05) is 35.3 Å². The Labute approximate surface area is 166 Å². The van der Waals surface area contributed by atoms with E-state index in [-0.39, 0.29) is 6.04 Å². The quantitative estimate of drug-likeness (QED) is 0.490. The molecule has 5 rings (SSSR count). The number of hydrogen-bond acceptors (Lipinski definition) is 4. The van der Waals surface area contributed by atoms with Crippen LogP contribution in [0.1, 0.15) is 42.5 Å². The molecule has 0 amide bonds. The molecule has 3 aromatic heterocycles. The number of pyridine rings is 1. The maximum atomic E-state index is 14.1. The average molecular weight is 396 g/mol. The molecule has 4 aromatic rings. The summed E-state index contributed by atoms with van der Waals surface area (Å²) in [5.41, 5.74) is 4.34. The zero-order valence-corrected chi connectivity index (χ0v) is 16.2. The minimum atomic E-state index is -0.772. The number of nitrogens with zero attached hydrogens (tertiary/aromatic N) is 5.